The number of hydrogen-bond donors (Lipinski definition) is 1. The van der Waals surface area contributed by atoms with Crippen LogP contribution in [0.3, 0.4) is 0 Å². The number of para-hydroxylation sites is 1. The first-order valence-corrected chi connectivity index (χ1v) is 8.44. The second-order valence-corrected chi connectivity index (χ2v) is 6.86. The van der Waals surface area contributed by atoms with Gasteiger partial charge in [-0.15, -0.1) is 0 Å². The summed E-state index contributed by atoms with van der Waals surface area (Å²) in [5.41, 5.74) is 3.64. The lowest BCUT2D eigenvalue weighted by atomic mass is 9.62. The Balaban J connectivity index is 1.92. The molecule has 2 atom stereocenters. The van der Waals surface area contributed by atoms with Gasteiger partial charge < -0.3 is 9.72 Å². The topological polar surface area (TPSA) is 42.1 Å². The maximum Gasteiger partial charge on any atom is 0.312 e. The largest absolute Gasteiger partial charge is 0.469 e. The Morgan fingerprint density at radius 2 is 2.09 bits per heavy atom. The quantitative estimate of drug-likeness (QED) is 0.796. The van der Waals surface area contributed by atoms with Crippen molar-refractivity contribution in [3.63, 3.8) is 0 Å². The molecule has 0 spiro atoms. The summed E-state index contributed by atoms with van der Waals surface area (Å²) < 4.78 is 5.26. The Bertz CT molecular complexity index is 717. The molecule has 4 rings (SSSR count). The number of rotatable bonds is 1. The average Bonchev–Trinajstić information content (AvgIpc) is 2.79. The van der Waals surface area contributed by atoms with E-state index in [1.165, 1.54) is 35.0 Å². The molecular weight excluding hydrogens is 274 g/mol. The van der Waals surface area contributed by atoms with Gasteiger partial charge in [0.25, 0.3) is 0 Å². The fourth-order valence-electron chi connectivity index (χ4n) is 4.85. The number of hydrogen-bond acceptors (Lipinski definition) is 2. The van der Waals surface area contributed by atoms with Crippen LogP contribution in [0.1, 0.15) is 55.7 Å². The molecule has 3 nitrogen and oxygen atoms in total. The van der Waals surface area contributed by atoms with Crippen LogP contribution in [-0.4, -0.2) is 18.1 Å². The zero-order valence-corrected chi connectivity index (χ0v) is 13.2. The third-order valence-electron chi connectivity index (χ3n) is 5.87. The minimum absolute atomic E-state index is 0.00957. The molecule has 1 aromatic carbocycles. The molecule has 3 heteroatoms. The van der Waals surface area contributed by atoms with Gasteiger partial charge in [0.05, 0.1) is 12.5 Å². The van der Waals surface area contributed by atoms with Gasteiger partial charge in [0.1, 0.15) is 0 Å². The van der Waals surface area contributed by atoms with Crippen LogP contribution in [-0.2, 0) is 16.0 Å². The summed E-state index contributed by atoms with van der Waals surface area (Å²) in [6.45, 7) is 0. The lowest BCUT2D eigenvalue weighted by molar-refractivity contribution is -0.156. The predicted octanol–water partition coefficient (Wildman–Crippen LogP) is 4.32. The standard InChI is InChI=1S/C19H23NO2/c1-22-18(21)19-11-6-2-3-8-14(19)17-13-7-4-5-9-15(13)20-16(17)10-12-19/h4-5,7,9,14,20H,2-3,6,8,10-12H2,1H3/t14-,19-/m1/s1. The van der Waals surface area contributed by atoms with E-state index in [4.69, 9.17) is 4.74 Å². The summed E-state index contributed by atoms with van der Waals surface area (Å²) in [6, 6.07) is 8.51. The van der Waals surface area contributed by atoms with Gasteiger partial charge in [-0.2, -0.15) is 0 Å². The summed E-state index contributed by atoms with van der Waals surface area (Å²) in [7, 11) is 1.55. The molecule has 1 fully saturated rings. The number of carbonyl (C=O) groups is 1. The van der Waals surface area contributed by atoms with Crippen LogP contribution in [0.5, 0.6) is 0 Å². The Morgan fingerprint density at radius 1 is 1.23 bits per heavy atom. The predicted molar refractivity (Wildman–Crippen MR) is 86.9 cm³/mol. The summed E-state index contributed by atoms with van der Waals surface area (Å²) in [5, 5.41) is 1.30. The highest BCUT2D eigenvalue weighted by Crippen LogP contribution is 2.55. The highest BCUT2D eigenvalue weighted by molar-refractivity contribution is 5.88. The maximum atomic E-state index is 12.7. The normalized spacial score (nSPS) is 27.8. The summed E-state index contributed by atoms with van der Waals surface area (Å²) in [5.74, 6) is 0.317. The molecule has 116 valence electrons. The van der Waals surface area contributed by atoms with Crippen molar-refractivity contribution in [2.75, 3.05) is 7.11 Å². The van der Waals surface area contributed by atoms with E-state index in [9.17, 15) is 4.79 Å². The number of aromatic amines is 1. The van der Waals surface area contributed by atoms with Gasteiger partial charge in [-0.25, -0.2) is 0 Å². The van der Waals surface area contributed by atoms with Gasteiger partial charge in [0.15, 0.2) is 0 Å². The highest BCUT2D eigenvalue weighted by Gasteiger charge is 2.50. The van der Waals surface area contributed by atoms with Crippen LogP contribution >= 0.6 is 0 Å². The zero-order valence-electron chi connectivity index (χ0n) is 13.2. The SMILES string of the molecule is COC(=O)[C@@]12CCCCC[C@@H]1c1c([nH]c3ccccc13)CC2. The molecule has 0 saturated heterocycles. The fourth-order valence-corrected chi connectivity index (χ4v) is 4.85. The minimum atomic E-state index is -0.302. The molecule has 2 aliphatic rings. The van der Waals surface area contributed by atoms with Gasteiger partial charge >= 0.3 is 5.97 Å². The number of benzene rings is 1. The number of nitrogens with one attached hydrogen (secondary N) is 1. The van der Waals surface area contributed by atoms with Crippen LogP contribution < -0.4 is 0 Å². The second kappa shape index (κ2) is 5.15. The second-order valence-electron chi connectivity index (χ2n) is 6.86. The number of esters is 1. The van der Waals surface area contributed by atoms with Crippen LogP contribution in [0, 0.1) is 5.41 Å². The van der Waals surface area contributed by atoms with Gasteiger partial charge in [-0.3, -0.25) is 4.79 Å². The molecule has 0 aliphatic heterocycles. The van der Waals surface area contributed by atoms with Gasteiger partial charge in [-0.1, -0.05) is 37.5 Å². The van der Waals surface area contributed by atoms with Crippen LogP contribution in [0.4, 0.5) is 0 Å². The molecule has 1 N–H and O–H groups in total. The number of aryl methyl sites for hydroxylation is 1. The monoisotopic (exact) mass is 297 g/mol. The Morgan fingerprint density at radius 3 is 2.95 bits per heavy atom. The molecule has 2 aliphatic carbocycles. The minimum Gasteiger partial charge on any atom is -0.469 e. The van der Waals surface area contributed by atoms with Crippen molar-refractivity contribution < 1.29 is 9.53 Å². The van der Waals surface area contributed by atoms with E-state index < -0.39 is 0 Å². The highest BCUT2D eigenvalue weighted by atomic mass is 16.5. The maximum absolute atomic E-state index is 12.7. The Hall–Kier alpha value is -1.77. The van der Waals surface area contributed by atoms with E-state index in [0.29, 0.717) is 5.92 Å². The molecule has 1 heterocycles. The van der Waals surface area contributed by atoms with Crippen molar-refractivity contribution in [2.45, 2.75) is 50.9 Å². The summed E-state index contributed by atoms with van der Waals surface area (Å²) in [4.78, 5) is 16.3. The van der Waals surface area contributed by atoms with Gasteiger partial charge in [0.2, 0.25) is 0 Å². The molecule has 1 aromatic heterocycles. The third-order valence-corrected chi connectivity index (χ3v) is 5.87. The molecule has 0 unspecified atom stereocenters. The van der Waals surface area contributed by atoms with Crippen molar-refractivity contribution in [2.24, 2.45) is 5.41 Å². The van der Waals surface area contributed by atoms with Crippen molar-refractivity contribution in [3.8, 4) is 0 Å². The number of aromatic nitrogens is 1. The van der Waals surface area contributed by atoms with Crippen molar-refractivity contribution in [1.82, 2.24) is 4.98 Å². The molecule has 2 aromatic rings. The van der Waals surface area contributed by atoms with Gasteiger partial charge in [-0.05, 0) is 37.3 Å². The Labute approximate surface area is 131 Å². The molecule has 0 amide bonds. The van der Waals surface area contributed by atoms with Crippen LogP contribution in [0.15, 0.2) is 24.3 Å². The van der Waals surface area contributed by atoms with Crippen molar-refractivity contribution in [3.05, 3.63) is 35.5 Å². The van der Waals surface area contributed by atoms with E-state index in [1.807, 2.05) is 0 Å². The first-order chi connectivity index (χ1) is 10.8. The fraction of sp³-hybridized carbons (Fsp3) is 0.526. The first-order valence-electron chi connectivity index (χ1n) is 8.44. The van der Waals surface area contributed by atoms with Crippen molar-refractivity contribution >= 4 is 16.9 Å². The number of fused-ring (bicyclic) bond motifs is 5. The lowest BCUT2D eigenvalue weighted by Gasteiger charge is -2.41. The van der Waals surface area contributed by atoms with Crippen molar-refractivity contribution in [1.29, 1.82) is 0 Å². The Kier molecular flexibility index (Phi) is 3.24. The summed E-state index contributed by atoms with van der Waals surface area (Å²) in [6.07, 6.45) is 7.53. The molecular formula is C19H23NO2. The molecule has 22 heavy (non-hydrogen) atoms. The smallest absolute Gasteiger partial charge is 0.312 e. The molecule has 0 bridgehead atoms. The number of carbonyl (C=O) groups excluding carboxylic acids is 1. The lowest BCUT2D eigenvalue weighted by Crippen LogP contribution is -2.41. The van der Waals surface area contributed by atoms with Gasteiger partial charge in [0, 0.05) is 22.5 Å². The average molecular weight is 297 g/mol. The molecule has 0 radical (unpaired) electrons. The van der Waals surface area contributed by atoms with E-state index in [1.54, 1.807) is 7.11 Å². The number of H-pyrrole nitrogens is 1. The van der Waals surface area contributed by atoms with E-state index in [2.05, 4.69) is 29.2 Å². The van der Waals surface area contributed by atoms with E-state index >= 15 is 0 Å². The van der Waals surface area contributed by atoms with E-state index in [-0.39, 0.29) is 11.4 Å². The molecule has 1 saturated carbocycles. The van der Waals surface area contributed by atoms with Crippen LogP contribution in [0.2, 0.25) is 0 Å². The third kappa shape index (κ3) is 1.84. The summed E-state index contributed by atoms with van der Waals surface area (Å²) >= 11 is 0. The zero-order chi connectivity index (χ0) is 15.2. The first kappa shape index (κ1) is 13.9. The van der Waals surface area contributed by atoms with Crippen LogP contribution in [0.25, 0.3) is 10.9 Å². The number of methoxy groups -OCH3 is 1. The number of ether oxygens (including phenoxy) is 1. The van der Waals surface area contributed by atoms with E-state index in [0.717, 1.165) is 32.1 Å².